The van der Waals surface area contributed by atoms with Crippen molar-refractivity contribution in [2.24, 2.45) is 0 Å². The van der Waals surface area contributed by atoms with Gasteiger partial charge in [0.2, 0.25) is 0 Å². The molecule has 0 aliphatic heterocycles. The van der Waals surface area contributed by atoms with E-state index >= 15 is 0 Å². The van der Waals surface area contributed by atoms with Crippen molar-refractivity contribution in [1.82, 2.24) is 9.38 Å². The molecule has 5 nitrogen and oxygen atoms in total. The van der Waals surface area contributed by atoms with E-state index in [0.717, 1.165) is 17.8 Å². The lowest BCUT2D eigenvalue weighted by molar-refractivity contribution is 0.102. The number of carbonyl (C=O) groups is 1. The van der Waals surface area contributed by atoms with Crippen LogP contribution in [0.1, 0.15) is 36.5 Å². The second-order valence-corrected chi connectivity index (χ2v) is 5.49. The third kappa shape index (κ3) is 3.11. The Morgan fingerprint density at radius 2 is 1.96 bits per heavy atom. The van der Waals surface area contributed by atoms with Crippen LogP contribution in [0.4, 0.5) is 5.69 Å². The third-order valence-electron chi connectivity index (χ3n) is 3.75. The van der Waals surface area contributed by atoms with Crippen LogP contribution in [0.2, 0.25) is 0 Å². The topological polar surface area (TPSA) is 55.6 Å². The van der Waals surface area contributed by atoms with E-state index in [1.165, 1.54) is 0 Å². The standard InChI is InChI=1S/C19H21N3O2/c1-3-13-24-16-10-6-5-9-15(16)21-19(23)18-14(4-2)20-17-11-7-8-12-22(17)18/h5-12H,3-4,13H2,1-2H3,(H,21,23). The Labute approximate surface area is 141 Å². The fourth-order valence-corrected chi connectivity index (χ4v) is 2.62. The van der Waals surface area contributed by atoms with Gasteiger partial charge in [0.05, 0.1) is 18.0 Å². The number of benzene rings is 1. The molecule has 1 N–H and O–H groups in total. The van der Waals surface area contributed by atoms with Gasteiger partial charge in [-0.2, -0.15) is 0 Å². The fourth-order valence-electron chi connectivity index (χ4n) is 2.62. The number of anilines is 1. The number of fused-ring (bicyclic) bond motifs is 1. The Morgan fingerprint density at radius 1 is 1.17 bits per heavy atom. The number of ether oxygens (including phenoxy) is 1. The Hall–Kier alpha value is -2.82. The zero-order valence-corrected chi connectivity index (χ0v) is 14.0. The van der Waals surface area contributed by atoms with Crippen LogP contribution in [-0.4, -0.2) is 21.9 Å². The first-order valence-electron chi connectivity index (χ1n) is 8.23. The van der Waals surface area contributed by atoms with Gasteiger partial charge in [0.1, 0.15) is 17.1 Å². The highest BCUT2D eigenvalue weighted by atomic mass is 16.5. The lowest BCUT2D eigenvalue weighted by Gasteiger charge is -2.12. The summed E-state index contributed by atoms with van der Waals surface area (Å²) in [4.78, 5) is 17.4. The summed E-state index contributed by atoms with van der Waals surface area (Å²) in [6, 6.07) is 13.2. The molecule has 2 heterocycles. The van der Waals surface area contributed by atoms with Crippen molar-refractivity contribution in [3.05, 3.63) is 60.0 Å². The van der Waals surface area contributed by atoms with Crippen LogP contribution in [0.15, 0.2) is 48.7 Å². The Bertz CT molecular complexity index is 855. The SMILES string of the molecule is CCCOc1ccccc1NC(=O)c1c(CC)nc2ccccn12. The molecule has 0 aliphatic carbocycles. The summed E-state index contributed by atoms with van der Waals surface area (Å²) in [5.41, 5.74) is 2.79. The van der Waals surface area contributed by atoms with Crippen molar-refractivity contribution in [3.8, 4) is 5.75 Å². The number of nitrogens with one attached hydrogen (secondary N) is 1. The van der Waals surface area contributed by atoms with Crippen LogP contribution in [0.25, 0.3) is 5.65 Å². The van der Waals surface area contributed by atoms with Gasteiger partial charge in [-0.15, -0.1) is 0 Å². The van der Waals surface area contributed by atoms with Gasteiger partial charge in [-0.1, -0.05) is 32.0 Å². The molecule has 0 saturated carbocycles. The minimum absolute atomic E-state index is 0.182. The molecule has 0 radical (unpaired) electrons. The van der Waals surface area contributed by atoms with Crippen LogP contribution in [0.5, 0.6) is 5.75 Å². The first-order chi connectivity index (χ1) is 11.7. The molecule has 0 fully saturated rings. The number of amides is 1. The lowest BCUT2D eigenvalue weighted by Crippen LogP contribution is -2.17. The molecular weight excluding hydrogens is 302 g/mol. The zero-order chi connectivity index (χ0) is 16.9. The van der Waals surface area contributed by atoms with E-state index in [1.807, 2.05) is 66.9 Å². The van der Waals surface area contributed by atoms with E-state index in [9.17, 15) is 4.79 Å². The molecule has 0 aliphatic rings. The molecular formula is C19H21N3O2. The van der Waals surface area contributed by atoms with Crippen LogP contribution >= 0.6 is 0 Å². The van der Waals surface area contributed by atoms with E-state index in [1.54, 1.807) is 0 Å². The second kappa shape index (κ2) is 7.17. The summed E-state index contributed by atoms with van der Waals surface area (Å²) in [6.07, 6.45) is 3.46. The Balaban J connectivity index is 1.94. The monoisotopic (exact) mass is 323 g/mol. The molecule has 2 aromatic heterocycles. The predicted octanol–water partition coefficient (Wildman–Crippen LogP) is 3.94. The average molecular weight is 323 g/mol. The summed E-state index contributed by atoms with van der Waals surface area (Å²) >= 11 is 0. The summed E-state index contributed by atoms with van der Waals surface area (Å²) in [7, 11) is 0. The quantitative estimate of drug-likeness (QED) is 0.747. The molecule has 24 heavy (non-hydrogen) atoms. The van der Waals surface area contributed by atoms with Crippen molar-refractivity contribution in [3.63, 3.8) is 0 Å². The Kier molecular flexibility index (Phi) is 4.79. The molecule has 3 aromatic rings. The number of pyridine rings is 1. The van der Waals surface area contributed by atoms with Crippen molar-refractivity contribution in [1.29, 1.82) is 0 Å². The smallest absolute Gasteiger partial charge is 0.274 e. The molecule has 0 saturated heterocycles. The second-order valence-electron chi connectivity index (χ2n) is 5.49. The molecule has 5 heteroatoms. The highest BCUT2D eigenvalue weighted by Crippen LogP contribution is 2.25. The zero-order valence-electron chi connectivity index (χ0n) is 14.0. The Morgan fingerprint density at radius 3 is 2.75 bits per heavy atom. The third-order valence-corrected chi connectivity index (χ3v) is 3.75. The molecule has 0 unspecified atom stereocenters. The number of rotatable bonds is 6. The molecule has 3 rings (SSSR count). The average Bonchev–Trinajstić information content (AvgIpc) is 2.99. The van der Waals surface area contributed by atoms with Gasteiger partial charge in [0.15, 0.2) is 0 Å². The van der Waals surface area contributed by atoms with Crippen LogP contribution in [0.3, 0.4) is 0 Å². The largest absolute Gasteiger partial charge is 0.491 e. The maximum absolute atomic E-state index is 12.9. The van der Waals surface area contributed by atoms with Gasteiger partial charge < -0.3 is 10.1 Å². The minimum atomic E-state index is -0.182. The molecule has 0 atom stereocenters. The minimum Gasteiger partial charge on any atom is -0.491 e. The number of nitrogens with zero attached hydrogens (tertiary/aromatic N) is 2. The predicted molar refractivity (Wildman–Crippen MR) is 94.8 cm³/mol. The summed E-state index contributed by atoms with van der Waals surface area (Å²) in [6.45, 7) is 4.66. The first-order valence-corrected chi connectivity index (χ1v) is 8.23. The number of imidazole rings is 1. The maximum atomic E-state index is 12.9. The van der Waals surface area contributed by atoms with Gasteiger partial charge in [-0.05, 0) is 37.1 Å². The highest BCUT2D eigenvalue weighted by molar-refractivity contribution is 6.05. The molecule has 1 aromatic carbocycles. The molecule has 124 valence electrons. The van der Waals surface area contributed by atoms with Crippen molar-refractivity contribution in [2.45, 2.75) is 26.7 Å². The molecule has 0 spiro atoms. The van der Waals surface area contributed by atoms with E-state index in [2.05, 4.69) is 10.3 Å². The summed E-state index contributed by atoms with van der Waals surface area (Å²) in [5.74, 6) is 0.498. The van der Waals surface area contributed by atoms with Gasteiger partial charge in [0, 0.05) is 6.20 Å². The van der Waals surface area contributed by atoms with Gasteiger partial charge >= 0.3 is 0 Å². The number of aromatic nitrogens is 2. The van der Waals surface area contributed by atoms with Gasteiger partial charge in [-0.3, -0.25) is 9.20 Å². The fraction of sp³-hybridized carbons (Fsp3) is 0.263. The van der Waals surface area contributed by atoms with Crippen molar-refractivity contribution >= 4 is 17.2 Å². The van der Waals surface area contributed by atoms with E-state index in [-0.39, 0.29) is 5.91 Å². The van der Waals surface area contributed by atoms with E-state index in [0.29, 0.717) is 30.2 Å². The van der Waals surface area contributed by atoms with Crippen LogP contribution in [-0.2, 0) is 6.42 Å². The van der Waals surface area contributed by atoms with Crippen LogP contribution in [0, 0.1) is 0 Å². The molecule has 1 amide bonds. The lowest BCUT2D eigenvalue weighted by atomic mass is 10.2. The number of para-hydroxylation sites is 2. The van der Waals surface area contributed by atoms with Crippen molar-refractivity contribution < 1.29 is 9.53 Å². The van der Waals surface area contributed by atoms with E-state index in [4.69, 9.17) is 4.74 Å². The number of hydrogen-bond acceptors (Lipinski definition) is 3. The van der Waals surface area contributed by atoms with Crippen LogP contribution < -0.4 is 10.1 Å². The highest BCUT2D eigenvalue weighted by Gasteiger charge is 2.19. The number of carbonyl (C=O) groups excluding carboxylic acids is 1. The normalized spacial score (nSPS) is 10.8. The maximum Gasteiger partial charge on any atom is 0.274 e. The molecule has 0 bridgehead atoms. The van der Waals surface area contributed by atoms with Gasteiger partial charge in [0.25, 0.3) is 5.91 Å². The van der Waals surface area contributed by atoms with E-state index < -0.39 is 0 Å². The number of hydrogen-bond donors (Lipinski definition) is 1. The first kappa shape index (κ1) is 16.1. The summed E-state index contributed by atoms with van der Waals surface area (Å²) < 4.78 is 7.53. The summed E-state index contributed by atoms with van der Waals surface area (Å²) in [5, 5.41) is 2.96. The van der Waals surface area contributed by atoms with Crippen molar-refractivity contribution in [2.75, 3.05) is 11.9 Å². The number of aryl methyl sites for hydroxylation is 1. The van der Waals surface area contributed by atoms with Gasteiger partial charge in [-0.25, -0.2) is 4.98 Å².